The molecule has 1 amide bonds. The van der Waals surface area contributed by atoms with Crippen LogP contribution in [-0.4, -0.2) is 21.5 Å². The van der Waals surface area contributed by atoms with Crippen molar-refractivity contribution in [1.29, 1.82) is 0 Å². The largest absolute Gasteiger partial charge is 0.348 e. The number of amides is 1. The smallest absolute Gasteiger partial charge is 0.262 e. The zero-order valence-electron chi connectivity index (χ0n) is 13.2. The molecule has 0 aromatic carbocycles. The number of aryl methyl sites for hydroxylation is 2. The Morgan fingerprint density at radius 3 is 2.86 bits per heavy atom. The predicted molar refractivity (Wildman–Crippen MR) is 88.5 cm³/mol. The van der Waals surface area contributed by atoms with Gasteiger partial charge in [0.05, 0.1) is 16.6 Å². The second-order valence-electron chi connectivity index (χ2n) is 6.24. The summed E-state index contributed by atoms with van der Waals surface area (Å²) in [5.74, 6) is 0.444. The third-order valence-electron chi connectivity index (χ3n) is 4.64. The molecule has 1 fully saturated rings. The normalized spacial score (nSPS) is 22.0. The van der Waals surface area contributed by atoms with Gasteiger partial charge in [0.15, 0.2) is 0 Å². The summed E-state index contributed by atoms with van der Waals surface area (Å²) in [5.41, 5.74) is 0.651. The average molecular weight is 319 g/mol. The first-order chi connectivity index (χ1) is 10.5. The van der Waals surface area contributed by atoms with Gasteiger partial charge in [-0.3, -0.25) is 9.59 Å². The van der Waals surface area contributed by atoms with Crippen molar-refractivity contribution in [2.45, 2.75) is 45.6 Å². The van der Waals surface area contributed by atoms with Crippen LogP contribution in [0.1, 0.15) is 47.8 Å². The van der Waals surface area contributed by atoms with E-state index in [1.807, 2.05) is 6.92 Å². The van der Waals surface area contributed by atoms with E-state index in [0.29, 0.717) is 21.0 Å². The molecule has 0 bridgehead atoms. The summed E-state index contributed by atoms with van der Waals surface area (Å²) in [4.78, 5) is 30.4. The maximum atomic E-state index is 12.6. The fraction of sp³-hybridized carbons (Fsp3) is 0.562. The van der Waals surface area contributed by atoms with Crippen molar-refractivity contribution in [3.8, 4) is 0 Å². The molecular weight excluding hydrogens is 298 g/mol. The maximum absolute atomic E-state index is 12.6. The van der Waals surface area contributed by atoms with Crippen molar-refractivity contribution < 1.29 is 4.79 Å². The van der Waals surface area contributed by atoms with Crippen LogP contribution in [0.4, 0.5) is 0 Å². The Hall–Kier alpha value is -1.69. The number of carbonyl (C=O) groups excluding carboxylic acids is 1. The first-order valence-electron chi connectivity index (χ1n) is 7.74. The van der Waals surface area contributed by atoms with Crippen molar-refractivity contribution in [2.24, 2.45) is 13.0 Å². The van der Waals surface area contributed by atoms with Crippen LogP contribution in [0.5, 0.6) is 0 Å². The summed E-state index contributed by atoms with van der Waals surface area (Å²) >= 11 is 1.31. The number of hydrogen-bond acceptors (Lipinski definition) is 4. The maximum Gasteiger partial charge on any atom is 0.262 e. The lowest BCUT2D eigenvalue weighted by Gasteiger charge is -2.29. The molecule has 1 N–H and O–H groups in total. The molecule has 22 heavy (non-hydrogen) atoms. The molecule has 6 heteroatoms. The molecular formula is C16H21N3O2S. The van der Waals surface area contributed by atoms with E-state index in [1.165, 1.54) is 41.5 Å². The zero-order chi connectivity index (χ0) is 15.9. The number of nitrogens with one attached hydrogen (secondary N) is 1. The summed E-state index contributed by atoms with van der Waals surface area (Å²) in [6, 6.07) is 0.238. The minimum absolute atomic E-state index is 0.0682. The molecule has 0 saturated heterocycles. The minimum atomic E-state index is -0.0937. The number of fused-ring (bicyclic) bond motifs is 1. The molecule has 1 aliphatic rings. The van der Waals surface area contributed by atoms with Crippen LogP contribution < -0.4 is 10.9 Å². The van der Waals surface area contributed by atoms with Gasteiger partial charge in [-0.05, 0) is 31.2 Å². The van der Waals surface area contributed by atoms with Gasteiger partial charge in [-0.15, -0.1) is 11.3 Å². The Morgan fingerprint density at radius 2 is 2.14 bits per heavy atom. The number of hydrogen-bond donors (Lipinski definition) is 1. The van der Waals surface area contributed by atoms with E-state index in [-0.39, 0.29) is 17.5 Å². The van der Waals surface area contributed by atoms with Crippen LogP contribution in [-0.2, 0) is 7.05 Å². The molecule has 2 aromatic rings. The monoisotopic (exact) mass is 319 g/mol. The lowest BCUT2D eigenvalue weighted by atomic mass is 9.86. The molecule has 5 nitrogen and oxygen atoms in total. The van der Waals surface area contributed by atoms with E-state index in [2.05, 4.69) is 17.2 Å². The van der Waals surface area contributed by atoms with E-state index in [1.54, 1.807) is 7.05 Å². The summed E-state index contributed by atoms with van der Waals surface area (Å²) in [5, 5.41) is 3.72. The lowest BCUT2D eigenvalue weighted by molar-refractivity contribution is 0.0914. The van der Waals surface area contributed by atoms with Crippen molar-refractivity contribution in [3.05, 3.63) is 27.1 Å². The van der Waals surface area contributed by atoms with Crippen LogP contribution in [0.15, 0.2) is 11.1 Å². The molecule has 1 saturated carbocycles. The van der Waals surface area contributed by atoms with E-state index >= 15 is 0 Å². The van der Waals surface area contributed by atoms with Gasteiger partial charge in [0.25, 0.3) is 11.5 Å². The van der Waals surface area contributed by atoms with Crippen molar-refractivity contribution in [2.75, 3.05) is 0 Å². The number of rotatable bonds is 2. The second-order valence-corrected chi connectivity index (χ2v) is 7.24. The average Bonchev–Trinajstić information content (AvgIpc) is 2.83. The van der Waals surface area contributed by atoms with E-state index in [0.717, 1.165) is 12.0 Å². The Bertz CT molecular complexity index is 778. The molecule has 3 rings (SSSR count). The third-order valence-corrected chi connectivity index (χ3v) is 5.84. The van der Waals surface area contributed by atoms with Gasteiger partial charge in [0, 0.05) is 13.1 Å². The molecule has 118 valence electrons. The fourth-order valence-corrected chi connectivity index (χ4v) is 4.23. The molecule has 0 spiro atoms. The van der Waals surface area contributed by atoms with Gasteiger partial charge in [-0.2, -0.15) is 0 Å². The summed E-state index contributed by atoms with van der Waals surface area (Å²) in [7, 11) is 1.68. The molecule has 0 radical (unpaired) electrons. The number of carbonyl (C=O) groups is 1. The minimum Gasteiger partial charge on any atom is -0.348 e. The molecule has 2 heterocycles. The highest BCUT2D eigenvalue weighted by molar-refractivity contribution is 7.20. The predicted octanol–water partition coefficient (Wildman–Crippen LogP) is 2.61. The van der Waals surface area contributed by atoms with Gasteiger partial charge in [0.2, 0.25) is 0 Å². The standard InChI is InChI=1S/C16H21N3O2S/c1-9-6-4-5-7-11(9)18-14(20)13-10(2)12-15(22-13)17-8-19(3)16(12)21/h8-9,11H,4-7H2,1-3H3,(H,18,20)/t9-,11+/m1/s1. The Kier molecular flexibility index (Phi) is 4.04. The first-order valence-corrected chi connectivity index (χ1v) is 8.56. The Morgan fingerprint density at radius 1 is 1.41 bits per heavy atom. The molecule has 1 aliphatic carbocycles. The lowest BCUT2D eigenvalue weighted by Crippen LogP contribution is -2.41. The Balaban J connectivity index is 1.93. The summed E-state index contributed by atoms with van der Waals surface area (Å²) in [6.45, 7) is 4.03. The summed E-state index contributed by atoms with van der Waals surface area (Å²) < 4.78 is 1.45. The van der Waals surface area contributed by atoms with Crippen LogP contribution in [0.3, 0.4) is 0 Å². The Labute approximate surface area is 133 Å². The topological polar surface area (TPSA) is 64.0 Å². The quantitative estimate of drug-likeness (QED) is 0.925. The molecule has 2 aromatic heterocycles. The fourth-order valence-electron chi connectivity index (χ4n) is 3.19. The van der Waals surface area contributed by atoms with Crippen molar-refractivity contribution in [3.63, 3.8) is 0 Å². The molecule has 0 unspecified atom stereocenters. The van der Waals surface area contributed by atoms with Crippen molar-refractivity contribution >= 4 is 27.5 Å². The van der Waals surface area contributed by atoms with Crippen molar-refractivity contribution in [1.82, 2.24) is 14.9 Å². The number of nitrogens with zero attached hydrogens (tertiary/aromatic N) is 2. The molecule has 0 aliphatic heterocycles. The highest BCUT2D eigenvalue weighted by Crippen LogP contribution is 2.28. The van der Waals surface area contributed by atoms with E-state index < -0.39 is 0 Å². The number of thiophene rings is 1. The van der Waals surface area contributed by atoms with Crippen LogP contribution in [0, 0.1) is 12.8 Å². The first kappa shape index (κ1) is 15.2. The SMILES string of the molecule is Cc1c(C(=O)N[C@H]2CCCC[C@H]2C)sc2ncn(C)c(=O)c12. The van der Waals surface area contributed by atoms with Crippen LogP contribution >= 0.6 is 11.3 Å². The van der Waals surface area contributed by atoms with Crippen LogP contribution in [0.2, 0.25) is 0 Å². The number of aromatic nitrogens is 2. The van der Waals surface area contributed by atoms with Gasteiger partial charge >= 0.3 is 0 Å². The summed E-state index contributed by atoms with van der Waals surface area (Å²) in [6.07, 6.45) is 6.12. The van der Waals surface area contributed by atoms with Gasteiger partial charge < -0.3 is 9.88 Å². The molecule has 2 atom stereocenters. The van der Waals surface area contributed by atoms with Crippen LogP contribution in [0.25, 0.3) is 10.2 Å². The van der Waals surface area contributed by atoms with E-state index in [4.69, 9.17) is 0 Å². The highest BCUT2D eigenvalue weighted by atomic mass is 32.1. The third kappa shape index (κ3) is 2.56. The second kappa shape index (κ2) is 5.83. The highest BCUT2D eigenvalue weighted by Gasteiger charge is 2.25. The van der Waals surface area contributed by atoms with Gasteiger partial charge in [-0.25, -0.2) is 4.98 Å². The van der Waals surface area contributed by atoms with Gasteiger partial charge in [-0.1, -0.05) is 19.8 Å². The zero-order valence-corrected chi connectivity index (χ0v) is 14.0. The van der Waals surface area contributed by atoms with E-state index in [9.17, 15) is 9.59 Å². The van der Waals surface area contributed by atoms with Gasteiger partial charge in [0.1, 0.15) is 4.83 Å².